The van der Waals surface area contributed by atoms with Crippen molar-refractivity contribution < 1.29 is 23.1 Å². The molecule has 108 valence electrons. The van der Waals surface area contributed by atoms with E-state index in [2.05, 4.69) is 5.32 Å². The SMILES string of the molecule is O=C(O)[C@H]1CC[C@@H](C(=O)NC2CCCS(=O)(=O)C2)C1. The predicted octanol–water partition coefficient (Wildman–Crippen LogP) is 0.181. The molecule has 0 aromatic heterocycles. The van der Waals surface area contributed by atoms with Crippen molar-refractivity contribution in [1.82, 2.24) is 5.32 Å². The third-order valence-corrected chi connectivity index (χ3v) is 5.78. The fourth-order valence-electron chi connectivity index (χ4n) is 2.90. The number of hydrogen-bond acceptors (Lipinski definition) is 4. The zero-order chi connectivity index (χ0) is 14.0. The van der Waals surface area contributed by atoms with E-state index in [4.69, 9.17) is 5.11 Å². The van der Waals surface area contributed by atoms with E-state index in [1.807, 2.05) is 0 Å². The first-order chi connectivity index (χ1) is 8.87. The molecule has 1 saturated carbocycles. The minimum atomic E-state index is -3.03. The zero-order valence-corrected chi connectivity index (χ0v) is 11.5. The number of amides is 1. The molecule has 19 heavy (non-hydrogen) atoms. The van der Waals surface area contributed by atoms with Crippen LogP contribution in [-0.2, 0) is 19.4 Å². The molecule has 0 radical (unpaired) electrons. The largest absolute Gasteiger partial charge is 0.481 e. The van der Waals surface area contributed by atoms with Gasteiger partial charge in [0.1, 0.15) is 0 Å². The molecule has 0 aromatic rings. The molecule has 3 atom stereocenters. The number of nitrogens with one attached hydrogen (secondary N) is 1. The summed E-state index contributed by atoms with van der Waals surface area (Å²) in [6.45, 7) is 0. The van der Waals surface area contributed by atoms with Gasteiger partial charge in [0, 0.05) is 12.0 Å². The molecular weight excluding hydrogens is 270 g/mol. The van der Waals surface area contributed by atoms with E-state index in [-0.39, 0.29) is 29.4 Å². The van der Waals surface area contributed by atoms with Gasteiger partial charge in [-0.15, -0.1) is 0 Å². The molecule has 2 aliphatic rings. The number of carbonyl (C=O) groups is 2. The van der Waals surface area contributed by atoms with Gasteiger partial charge < -0.3 is 10.4 Å². The Morgan fingerprint density at radius 2 is 1.79 bits per heavy atom. The molecule has 1 amide bonds. The number of rotatable bonds is 3. The zero-order valence-electron chi connectivity index (χ0n) is 10.7. The smallest absolute Gasteiger partial charge is 0.306 e. The normalized spacial score (nSPS) is 33.8. The van der Waals surface area contributed by atoms with Gasteiger partial charge in [0.25, 0.3) is 0 Å². The highest BCUT2D eigenvalue weighted by atomic mass is 32.2. The maximum Gasteiger partial charge on any atom is 0.306 e. The number of hydrogen-bond donors (Lipinski definition) is 2. The minimum Gasteiger partial charge on any atom is -0.481 e. The highest BCUT2D eigenvalue weighted by Crippen LogP contribution is 2.31. The molecule has 1 saturated heterocycles. The lowest BCUT2D eigenvalue weighted by Crippen LogP contribution is -2.45. The Labute approximate surface area is 112 Å². The molecule has 2 rings (SSSR count). The Hall–Kier alpha value is -1.11. The molecule has 1 heterocycles. The first kappa shape index (κ1) is 14.3. The van der Waals surface area contributed by atoms with Gasteiger partial charge in [-0.25, -0.2) is 8.42 Å². The van der Waals surface area contributed by atoms with Crippen molar-refractivity contribution in [2.45, 2.75) is 38.1 Å². The summed E-state index contributed by atoms with van der Waals surface area (Å²) in [5.74, 6) is -1.56. The monoisotopic (exact) mass is 289 g/mol. The van der Waals surface area contributed by atoms with Crippen LogP contribution in [0, 0.1) is 11.8 Å². The number of aliphatic carboxylic acids is 1. The maximum absolute atomic E-state index is 12.0. The third kappa shape index (κ3) is 3.68. The lowest BCUT2D eigenvalue weighted by Gasteiger charge is -2.24. The number of carboxylic acid groups (broad SMARTS) is 1. The van der Waals surface area contributed by atoms with Crippen LogP contribution < -0.4 is 5.32 Å². The summed E-state index contributed by atoms with van der Waals surface area (Å²) in [6, 6.07) is -0.310. The van der Waals surface area contributed by atoms with Gasteiger partial charge in [0.2, 0.25) is 5.91 Å². The first-order valence-corrected chi connectivity index (χ1v) is 8.43. The summed E-state index contributed by atoms with van der Waals surface area (Å²) < 4.78 is 23.0. The van der Waals surface area contributed by atoms with E-state index in [1.165, 1.54) is 0 Å². The topological polar surface area (TPSA) is 101 Å². The van der Waals surface area contributed by atoms with Crippen molar-refractivity contribution >= 4 is 21.7 Å². The molecule has 7 heteroatoms. The molecule has 1 unspecified atom stereocenters. The second kappa shape index (κ2) is 5.48. The van der Waals surface area contributed by atoms with Crippen LogP contribution in [0.1, 0.15) is 32.1 Å². The van der Waals surface area contributed by atoms with E-state index < -0.39 is 21.7 Å². The Kier molecular flexibility index (Phi) is 4.13. The fourth-order valence-corrected chi connectivity index (χ4v) is 4.54. The van der Waals surface area contributed by atoms with Gasteiger partial charge in [-0.1, -0.05) is 0 Å². The summed E-state index contributed by atoms with van der Waals surface area (Å²) in [4.78, 5) is 22.8. The van der Waals surface area contributed by atoms with Gasteiger partial charge in [-0.2, -0.15) is 0 Å². The van der Waals surface area contributed by atoms with Gasteiger partial charge in [0.05, 0.1) is 17.4 Å². The summed E-state index contributed by atoms with van der Waals surface area (Å²) in [5.41, 5.74) is 0. The van der Waals surface area contributed by atoms with Crippen molar-refractivity contribution in [2.24, 2.45) is 11.8 Å². The van der Waals surface area contributed by atoms with Crippen LogP contribution >= 0.6 is 0 Å². The van der Waals surface area contributed by atoms with E-state index in [9.17, 15) is 18.0 Å². The molecule has 0 bridgehead atoms. The Morgan fingerprint density at radius 1 is 1.11 bits per heavy atom. The van der Waals surface area contributed by atoms with Crippen LogP contribution in [-0.4, -0.2) is 42.9 Å². The molecule has 6 nitrogen and oxygen atoms in total. The standard InChI is InChI=1S/C12H19NO5S/c14-11(8-3-4-9(6-8)12(15)16)13-10-2-1-5-19(17,18)7-10/h8-10H,1-7H2,(H,13,14)(H,15,16)/t8-,9+,10?/m1/s1. The van der Waals surface area contributed by atoms with Crippen molar-refractivity contribution in [3.63, 3.8) is 0 Å². The molecule has 0 spiro atoms. The second-order valence-electron chi connectivity index (χ2n) is 5.51. The molecule has 2 fully saturated rings. The van der Waals surface area contributed by atoms with Crippen molar-refractivity contribution in [3.05, 3.63) is 0 Å². The minimum absolute atomic E-state index is 0.00776. The second-order valence-corrected chi connectivity index (χ2v) is 7.74. The first-order valence-electron chi connectivity index (χ1n) is 6.61. The summed E-state index contributed by atoms with van der Waals surface area (Å²) >= 11 is 0. The van der Waals surface area contributed by atoms with Crippen LogP contribution in [0.2, 0.25) is 0 Å². The third-order valence-electron chi connectivity index (χ3n) is 3.96. The molecule has 1 aliphatic carbocycles. The van der Waals surface area contributed by atoms with Crippen LogP contribution in [0.5, 0.6) is 0 Å². The van der Waals surface area contributed by atoms with Gasteiger partial charge in [-0.05, 0) is 32.1 Å². The van der Waals surface area contributed by atoms with E-state index in [0.717, 1.165) is 0 Å². The summed E-state index contributed by atoms with van der Waals surface area (Å²) in [7, 11) is -3.03. The Morgan fingerprint density at radius 3 is 2.37 bits per heavy atom. The molecule has 2 N–H and O–H groups in total. The van der Waals surface area contributed by atoms with Crippen molar-refractivity contribution in [2.75, 3.05) is 11.5 Å². The number of carboxylic acids is 1. The lowest BCUT2D eigenvalue weighted by molar-refractivity contribution is -0.141. The van der Waals surface area contributed by atoms with Crippen molar-refractivity contribution in [3.8, 4) is 0 Å². The highest BCUT2D eigenvalue weighted by Gasteiger charge is 2.35. The predicted molar refractivity (Wildman–Crippen MR) is 68.3 cm³/mol. The van der Waals surface area contributed by atoms with E-state index >= 15 is 0 Å². The number of carbonyl (C=O) groups excluding carboxylic acids is 1. The molecular formula is C12H19NO5S. The van der Waals surface area contributed by atoms with Crippen molar-refractivity contribution in [1.29, 1.82) is 0 Å². The Bertz CT molecular complexity index is 473. The van der Waals surface area contributed by atoms with Gasteiger partial charge in [-0.3, -0.25) is 9.59 Å². The maximum atomic E-state index is 12.0. The Balaban J connectivity index is 1.86. The number of sulfone groups is 1. The molecule has 1 aliphatic heterocycles. The molecule has 0 aromatic carbocycles. The van der Waals surface area contributed by atoms with E-state index in [0.29, 0.717) is 32.1 Å². The summed E-state index contributed by atoms with van der Waals surface area (Å²) in [5, 5.41) is 11.7. The van der Waals surface area contributed by atoms with Gasteiger partial charge >= 0.3 is 5.97 Å². The van der Waals surface area contributed by atoms with E-state index in [1.54, 1.807) is 0 Å². The quantitative estimate of drug-likeness (QED) is 0.772. The highest BCUT2D eigenvalue weighted by molar-refractivity contribution is 7.91. The average Bonchev–Trinajstić information content (AvgIpc) is 2.76. The van der Waals surface area contributed by atoms with Crippen LogP contribution in [0.15, 0.2) is 0 Å². The van der Waals surface area contributed by atoms with Crippen LogP contribution in [0.4, 0.5) is 0 Å². The van der Waals surface area contributed by atoms with Crippen LogP contribution in [0.3, 0.4) is 0 Å². The lowest BCUT2D eigenvalue weighted by atomic mass is 10.0. The van der Waals surface area contributed by atoms with Gasteiger partial charge in [0.15, 0.2) is 9.84 Å². The fraction of sp³-hybridized carbons (Fsp3) is 0.833. The average molecular weight is 289 g/mol. The summed E-state index contributed by atoms with van der Waals surface area (Å²) in [6.07, 6.45) is 2.72. The van der Waals surface area contributed by atoms with Crippen LogP contribution in [0.25, 0.3) is 0 Å².